The van der Waals surface area contributed by atoms with Crippen LogP contribution in [0.25, 0.3) is 0 Å². The zero-order valence-corrected chi connectivity index (χ0v) is 13.8. The fourth-order valence-corrected chi connectivity index (χ4v) is 3.25. The van der Waals surface area contributed by atoms with Crippen molar-refractivity contribution in [3.05, 3.63) is 53.9 Å². The van der Waals surface area contributed by atoms with E-state index in [1.807, 2.05) is 6.07 Å². The first-order chi connectivity index (χ1) is 9.88. The van der Waals surface area contributed by atoms with Crippen molar-refractivity contribution in [3.8, 4) is 0 Å². The molecular formula is C16H20Cl2N4. The Labute approximate surface area is 143 Å². The zero-order chi connectivity index (χ0) is 13.4. The summed E-state index contributed by atoms with van der Waals surface area (Å²) in [6.07, 6.45) is 5.95. The van der Waals surface area contributed by atoms with E-state index in [1.165, 1.54) is 24.0 Å². The molecule has 1 aromatic heterocycles. The molecule has 0 bridgehead atoms. The summed E-state index contributed by atoms with van der Waals surface area (Å²) < 4.78 is 0. The highest BCUT2D eigenvalue weighted by molar-refractivity contribution is 5.85. The van der Waals surface area contributed by atoms with Crippen molar-refractivity contribution in [2.75, 3.05) is 18.4 Å². The monoisotopic (exact) mass is 338 g/mol. The quantitative estimate of drug-likeness (QED) is 0.933. The number of likely N-dealkylation sites (tertiary alicyclic amines) is 1. The Kier molecular flexibility index (Phi) is 5.62. The van der Waals surface area contributed by atoms with Crippen LogP contribution in [0.5, 0.6) is 0 Å². The first kappa shape index (κ1) is 17.0. The third-order valence-corrected chi connectivity index (χ3v) is 4.35. The van der Waals surface area contributed by atoms with Gasteiger partial charge in [0.15, 0.2) is 0 Å². The van der Waals surface area contributed by atoms with Crippen molar-refractivity contribution in [3.63, 3.8) is 0 Å². The summed E-state index contributed by atoms with van der Waals surface area (Å²) in [7, 11) is 0. The van der Waals surface area contributed by atoms with Gasteiger partial charge in [0.2, 0.25) is 5.95 Å². The maximum Gasteiger partial charge on any atom is 0.222 e. The molecule has 1 saturated heterocycles. The summed E-state index contributed by atoms with van der Waals surface area (Å²) in [5.74, 6) is 0.742. The molecule has 1 aliphatic heterocycles. The molecule has 4 nitrogen and oxygen atoms in total. The van der Waals surface area contributed by atoms with Crippen LogP contribution in [0.1, 0.15) is 11.1 Å². The Morgan fingerprint density at radius 3 is 2.09 bits per heavy atom. The van der Waals surface area contributed by atoms with Gasteiger partial charge in [-0.3, -0.25) is 4.90 Å². The van der Waals surface area contributed by atoms with Gasteiger partial charge in [0, 0.05) is 31.5 Å². The van der Waals surface area contributed by atoms with E-state index < -0.39 is 0 Å². The molecule has 0 spiro atoms. The molecule has 1 N–H and O–H groups in total. The number of fused-ring (bicyclic) bond motifs is 1. The molecular weight excluding hydrogens is 319 g/mol. The SMILES string of the molecule is Cl.Cl.c1cnc(NC2CN(C3Cc4ccccc4C3)C2)nc1. The number of halogens is 2. The van der Waals surface area contributed by atoms with Crippen molar-refractivity contribution >= 4 is 30.8 Å². The third-order valence-electron chi connectivity index (χ3n) is 4.35. The van der Waals surface area contributed by atoms with Crippen LogP contribution in [0.15, 0.2) is 42.7 Å². The molecule has 0 unspecified atom stereocenters. The molecule has 0 atom stereocenters. The molecule has 4 rings (SSSR count). The minimum absolute atomic E-state index is 0. The summed E-state index contributed by atoms with van der Waals surface area (Å²) in [6.45, 7) is 2.19. The minimum Gasteiger partial charge on any atom is -0.349 e. The Morgan fingerprint density at radius 1 is 0.909 bits per heavy atom. The lowest BCUT2D eigenvalue weighted by molar-refractivity contribution is 0.107. The fourth-order valence-electron chi connectivity index (χ4n) is 3.25. The molecule has 2 aromatic rings. The van der Waals surface area contributed by atoms with Crippen LogP contribution in [0.4, 0.5) is 5.95 Å². The first-order valence-corrected chi connectivity index (χ1v) is 7.23. The molecule has 22 heavy (non-hydrogen) atoms. The van der Waals surface area contributed by atoms with Crippen molar-refractivity contribution in [1.29, 1.82) is 0 Å². The number of hydrogen-bond donors (Lipinski definition) is 1. The van der Waals surface area contributed by atoms with Gasteiger partial charge in [-0.1, -0.05) is 24.3 Å². The number of aromatic nitrogens is 2. The number of nitrogens with zero attached hydrogens (tertiary/aromatic N) is 3. The highest BCUT2D eigenvalue weighted by atomic mass is 35.5. The third kappa shape index (κ3) is 3.35. The summed E-state index contributed by atoms with van der Waals surface area (Å²) in [6, 6.07) is 11.8. The second-order valence-corrected chi connectivity index (χ2v) is 5.70. The minimum atomic E-state index is 0. The topological polar surface area (TPSA) is 41.1 Å². The van der Waals surface area contributed by atoms with Crippen LogP contribution in [-0.4, -0.2) is 40.0 Å². The molecule has 1 aliphatic carbocycles. The average molecular weight is 339 g/mol. The normalized spacial score (nSPS) is 17.8. The summed E-state index contributed by atoms with van der Waals surface area (Å²) >= 11 is 0. The Bertz CT molecular complexity index is 577. The zero-order valence-electron chi connectivity index (χ0n) is 12.2. The van der Waals surface area contributed by atoms with Crippen molar-refractivity contribution in [2.45, 2.75) is 24.9 Å². The lowest BCUT2D eigenvalue weighted by atomic mass is 10.0. The number of rotatable bonds is 3. The summed E-state index contributed by atoms with van der Waals surface area (Å²) in [5.41, 5.74) is 3.06. The van der Waals surface area contributed by atoms with E-state index >= 15 is 0 Å². The number of benzene rings is 1. The van der Waals surface area contributed by atoms with E-state index in [0.29, 0.717) is 12.1 Å². The van der Waals surface area contributed by atoms with Gasteiger partial charge in [-0.15, -0.1) is 24.8 Å². The predicted molar refractivity (Wildman–Crippen MR) is 93.1 cm³/mol. The molecule has 1 fully saturated rings. The van der Waals surface area contributed by atoms with E-state index in [2.05, 4.69) is 44.5 Å². The first-order valence-electron chi connectivity index (χ1n) is 7.23. The van der Waals surface area contributed by atoms with Crippen molar-refractivity contribution in [1.82, 2.24) is 14.9 Å². The average Bonchev–Trinajstić information content (AvgIpc) is 2.86. The molecule has 6 heteroatoms. The van der Waals surface area contributed by atoms with E-state index in [1.54, 1.807) is 12.4 Å². The molecule has 118 valence electrons. The van der Waals surface area contributed by atoms with Crippen molar-refractivity contribution in [2.24, 2.45) is 0 Å². The van der Waals surface area contributed by atoms with Crippen molar-refractivity contribution < 1.29 is 0 Å². The lowest BCUT2D eigenvalue weighted by Gasteiger charge is -2.43. The van der Waals surface area contributed by atoms with Crippen LogP contribution in [-0.2, 0) is 12.8 Å². The van der Waals surface area contributed by atoms with Gasteiger partial charge in [-0.05, 0) is 30.0 Å². The second kappa shape index (κ2) is 7.27. The van der Waals surface area contributed by atoms with Gasteiger partial charge in [-0.2, -0.15) is 0 Å². The summed E-state index contributed by atoms with van der Waals surface area (Å²) in [5, 5.41) is 3.39. The van der Waals surface area contributed by atoms with Crippen LogP contribution < -0.4 is 5.32 Å². The number of hydrogen-bond acceptors (Lipinski definition) is 4. The maximum atomic E-state index is 4.21. The molecule has 2 heterocycles. The van der Waals surface area contributed by atoms with Gasteiger partial charge in [0.1, 0.15) is 0 Å². The largest absolute Gasteiger partial charge is 0.349 e. The van der Waals surface area contributed by atoms with E-state index in [9.17, 15) is 0 Å². The van der Waals surface area contributed by atoms with Gasteiger partial charge in [0.25, 0.3) is 0 Å². The van der Waals surface area contributed by atoms with E-state index in [4.69, 9.17) is 0 Å². The highest BCUT2D eigenvalue weighted by Crippen LogP contribution is 2.28. The molecule has 1 aromatic carbocycles. The molecule has 0 radical (unpaired) electrons. The highest BCUT2D eigenvalue weighted by Gasteiger charge is 2.35. The standard InChI is InChI=1S/C16H18N4.2ClH/c1-2-5-13-9-15(8-12(13)4-1)20-10-14(11-20)19-16-17-6-3-7-18-16;;/h1-7,14-15H,8-11H2,(H,17,18,19);2*1H. The van der Waals surface area contributed by atoms with Gasteiger partial charge >= 0.3 is 0 Å². The van der Waals surface area contributed by atoms with Crippen LogP contribution in [0, 0.1) is 0 Å². The van der Waals surface area contributed by atoms with Crippen LogP contribution in [0.3, 0.4) is 0 Å². The molecule has 0 saturated carbocycles. The van der Waals surface area contributed by atoms with E-state index in [-0.39, 0.29) is 24.8 Å². The smallest absolute Gasteiger partial charge is 0.222 e. The van der Waals surface area contributed by atoms with Crippen LogP contribution in [0.2, 0.25) is 0 Å². The van der Waals surface area contributed by atoms with Gasteiger partial charge in [-0.25, -0.2) is 9.97 Å². The predicted octanol–water partition coefficient (Wildman–Crippen LogP) is 2.58. The van der Waals surface area contributed by atoms with Gasteiger partial charge in [0.05, 0.1) is 6.04 Å². The molecule has 0 amide bonds. The van der Waals surface area contributed by atoms with Crippen LogP contribution >= 0.6 is 24.8 Å². The Morgan fingerprint density at radius 2 is 1.50 bits per heavy atom. The Hall–Kier alpha value is -1.36. The Balaban J connectivity index is 0.000000882. The second-order valence-electron chi connectivity index (χ2n) is 5.70. The lowest BCUT2D eigenvalue weighted by Crippen LogP contribution is -2.58. The van der Waals surface area contributed by atoms with E-state index in [0.717, 1.165) is 19.0 Å². The number of anilines is 1. The number of nitrogens with one attached hydrogen (secondary N) is 1. The van der Waals surface area contributed by atoms with Gasteiger partial charge < -0.3 is 5.32 Å². The fraction of sp³-hybridized carbons (Fsp3) is 0.375. The summed E-state index contributed by atoms with van der Waals surface area (Å²) in [4.78, 5) is 11.0. The molecule has 2 aliphatic rings. The maximum absolute atomic E-state index is 4.21.